The van der Waals surface area contributed by atoms with Crippen LogP contribution in [0.2, 0.25) is 10.0 Å². The Balaban J connectivity index is 2.18. The van der Waals surface area contributed by atoms with Crippen LogP contribution < -0.4 is 9.62 Å². The van der Waals surface area contributed by atoms with E-state index in [1.165, 1.54) is 18.2 Å². The lowest BCUT2D eigenvalue weighted by Crippen LogP contribution is -2.37. The molecule has 0 spiro atoms. The molecule has 1 N–H and O–H groups in total. The lowest BCUT2D eigenvalue weighted by molar-refractivity contribution is -0.114. The molecule has 0 aromatic heterocycles. The first kappa shape index (κ1) is 17.6. The van der Waals surface area contributed by atoms with Gasteiger partial charge in [0.15, 0.2) is 0 Å². The number of rotatable bonds is 5. The summed E-state index contributed by atoms with van der Waals surface area (Å²) < 4.78 is 24.9. The molecule has 0 saturated carbocycles. The smallest absolute Gasteiger partial charge is 0.245 e. The minimum atomic E-state index is -3.60. The number of para-hydroxylation sites is 1. The highest BCUT2D eigenvalue weighted by atomic mass is 35.5. The molecule has 8 heteroatoms. The molecule has 0 aliphatic rings. The molecule has 23 heavy (non-hydrogen) atoms. The lowest BCUT2D eigenvalue weighted by atomic mass is 10.3. The number of sulfonamides is 1. The van der Waals surface area contributed by atoms with Gasteiger partial charge >= 0.3 is 0 Å². The third kappa shape index (κ3) is 5.13. The van der Waals surface area contributed by atoms with E-state index < -0.39 is 15.9 Å². The molecule has 0 heterocycles. The molecule has 2 aromatic rings. The van der Waals surface area contributed by atoms with E-state index in [1.54, 1.807) is 30.3 Å². The summed E-state index contributed by atoms with van der Waals surface area (Å²) in [7, 11) is -3.60. The van der Waals surface area contributed by atoms with E-state index in [1.807, 2.05) is 0 Å². The Morgan fingerprint density at radius 3 is 2.17 bits per heavy atom. The molecule has 2 aromatic carbocycles. The van der Waals surface area contributed by atoms with Crippen LogP contribution in [0.25, 0.3) is 0 Å². The number of carbonyl (C=O) groups excluding carboxylic acids is 1. The molecule has 5 nitrogen and oxygen atoms in total. The molecule has 122 valence electrons. The van der Waals surface area contributed by atoms with Crippen molar-refractivity contribution in [2.75, 3.05) is 22.4 Å². The monoisotopic (exact) mass is 372 g/mol. The Morgan fingerprint density at radius 1 is 1.09 bits per heavy atom. The second-order valence-electron chi connectivity index (χ2n) is 4.81. The number of halogens is 2. The quantitative estimate of drug-likeness (QED) is 0.874. The molecule has 2 rings (SSSR count). The second-order valence-corrected chi connectivity index (χ2v) is 7.59. The molecule has 0 aliphatic heterocycles. The highest BCUT2D eigenvalue weighted by Crippen LogP contribution is 2.23. The van der Waals surface area contributed by atoms with Crippen molar-refractivity contribution in [2.45, 2.75) is 0 Å². The Morgan fingerprint density at radius 2 is 1.65 bits per heavy atom. The minimum absolute atomic E-state index is 0.354. The number of benzene rings is 2. The molecule has 0 saturated heterocycles. The van der Waals surface area contributed by atoms with Gasteiger partial charge in [0.1, 0.15) is 6.54 Å². The molecule has 1 amide bonds. The summed E-state index contributed by atoms with van der Waals surface area (Å²) in [6, 6.07) is 13.0. The van der Waals surface area contributed by atoms with E-state index >= 15 is 0 Å². The van der Waals surface area contributed by atoms with Crippen LogP contribution in [0.15, 0.2) is 48.5 Å². The molecule has 0 unspecified atom stereocenters. The van der Waals surface area contributed by atoms with Crippen LogP contribution in [0.5, 0.6) is 0 Å². The molecule has 0 bridgehead atoms. The van der Waals surface area contributed by atoms with E-state index in [0.29, 0.717) is 21.4 Å². The Bertz CT molecular complexity index is 790. The van der Waals surface area contributed by atoms with Gasteiger partial charge in [0, 0.05) is 15.7 Å². The van der Waals surface area contributed by atoms with Gasteiger partial charge < -0.3 is 5.32 Å². The van der Waals surface area contributed by atoms with Crippen molar-refractivity contribution in [3.8, 4) is 0 Å². The predicted octanol–water partition coefficient (Wildman–Crippen LogP) is 3.40. The van der Waals surface area contributed by atoms with E-state index in [0.717, 1.165) is 10.6 Å². The number of nitrogens with zero attached hydrogens (tertiary/aromatic N) is 1. The molecular weight excluding hydrogens is 359 g/mol. The predicted molar refractivity (Wildman–Crippen MR) is 93.7 cm³/mol. The SMILES string of the molecule is CS(=O)(=O)N(CC(=O)Nc1cc(Cl)cc(Cl)c1)c1ccccc1. The summed E-state index contributed by atoms with van der Waals surface area (Å²) in [4.78, 5) is 12.2. The fourth-order valence-electron chi connectivity index (χ4n) is 1.95. The number of anilines is 2. The van der Waals surface area contributed by atoms with Gasteiger partial charge in [0.05, 0.1) is 11.9 Å². The highest BCUT2D eigenvalue weighted by molar-refractivity contribution is 7.92. The van der Waals surface area contributed by atoms with Gasteiger partial charge in [-0.05, 0) is 30.3 Å². The zero-order valence-electron chi connectivity index (χ0n) is 12.2. The van der Waals surface area contributed by atoms with Gasteiger partial charge in [-0.2, -0.15) is 0 Å². The first-order valence-corrected chi connectivity index (χ1v) is 9.15. The van der Waals surface area contributed by atoms with Gasteiger partial charge in [-0.15, -0.1) is 0 Å². The summed E-state index contributed by atoms with van der Waals surface area (Å²) in [5, 5.41) is 3.32. The third-order valence-corrected chi connectivity index (χ3v) is 4.46. The Labute approximate surface area is 144 Å². The van der Waals surface area contributed by atoms with E-state index in [9.17, 15) is 13.2 Å². The van der Waals surface area contributed by atoms with Crippen LogP contribution in [-0.2, 0) is 14.8 Å². The van der Waals surface area contributed by atoms with E-state index in [2.05, 4.69) is 5.32 Å². The van der Waals surface area contributed by atoms with Crippen LogP contribution in [0.4, 0.5) is 11.4 Å². The van der Waals surface area contributed by atoms with Gasteiger partial charge in [0.2, 0.25) is 15.9 Å². The molecule has 0 aliphatic carbocycles. The van der Waals surface area contributed by atoms with Crippen molar-refractivity contribution in [3.63, 3.8) is 0 Å². The van der Waals surface area contributed by atoms with E-state index in [-0.39, 0.29) is 6.54 Å². The fraction of sp³-hybridized carbons (Fsp3) is 0.133. The van der Waals surface area contributed by atoms with Crippen molar-refractivity contribution in [1.29, 1.82) is 0 Å². The standard InChI is InChI=1S/C15H14Cl2N2O3S/c1-23(21,22)19(14-5-3-2-4-6-14)10-15(20)18-13-8-11(16)7-12(17)9-13/h2-9H,10H2,1H3,(H,18,20). The molecular formula is C15H14Cl2N2O3S. The number of amides is 1. The normalized spacial score (nSPS) is 11.1. The second kappa shape index (κ2) is 7.21. The topological polar surface area (TPSA) is 66.5 Å². The van der Waals surface area contributed by atoms with Crippen LogP contribution in [0.3, 0.4) is 0 Å². The van der Waals surface area contributed by atoms with Crippen LogP contribution in [0.1, 0.15) is 0 Å². The van der Waals surface area contributed by atoms with Crippen LogP contribution in [0, 0.1) is 0 Å². The maximum absolute atomic E-state index is 12.2. The summed E-state index contributed by atoms with van der Waals surface area (Å²) in [6.45, 7) is -0.354. The average Bonchev–Trinajstić information content (AvgIpc) is 2.43. The largest absolute Gasteiger partial charge is 0.324 e. The maximum atomic E-state index is 12.2. The first-order valence-electron chi connectivity index (χ1n) is 6.54. The minimum Gasteiger partial charge on any atom is -0.324 e. The zero-order valence-corrected chi connectivity index (χ0v) is 14.5. The Hall–Kier alpha value is -1.76. The van der Waals surface area contributed by atoms with Gasteiger partial charge in [-0.1, -0.05) is 41.4 Å². The first-order chi connectivity index (χ1) is 10.8. The summed E-state index contributed by atoms with van der Waals surface area (Å²) in [6.07, 6.45) is 1.05. The molecule has 0 atom stereocenters. The van der Waals surface area contributed by atoms with Gasteiger partial charge in [-0.25, -0.2) is 8.42 Å². The summed E-state index contributed by atoms with van der Waals surface area (Å²) in [5.74, 6) is -0.502. The Kier molecular flexibility index (Phi) is 5.51. The molecule has 0 radical (unpaired) electrons. The average molecular weight is 373 g/mol. The summed E-state index contributed by atoms with van der Waals surface area (Å²) >= 11 is 11.7. The number of hydrogen-bond donors (Lipinski definition) is 1. The third-order valence-electron chi connectivity index (χ3n) is 2.88. The van der Waals surface area contributed by atoms with E-state index in [4.69, 9.17) is 23.2 Å². The summed E-state index contributed by atoms with van der Waals surface area (Å²) in [5.41, 5.74) is 0.809. The van der Waals surface area contributed by atoms with Crippen LogP contribution in [-0.4, -0.2) is 27.1 Å². The van der Waals surface area contributed by atoms with Gasteiger partial charge in [0.25, 0.3) is 0 Å². The van der Waals surface area contributed by atoms with Crippen LogP contribution >= 0.6 is 23.2 Å². The zero-order chi connectivity index (χ0) is 17.0. The van der Waals surface area contributed by atoms with Crippen molar-refractivity contribution < 1.29 is 13.2 Å². The van der Waals surface area contributed by atoms with Gasteiger partial charge in [-0.3, -0.25) is 9.10 Å². The highest BCUT2D eigenvalue weighted by Gasteiger charge is 2.20. The number of hydrogen-bond acceptors (Lipinski definition) is 3. The van der Waals surface area contributed by atoms with Crippen molar-refractivity contribution in [3.05, 3.63) is 58.6 Å². The van der Waals surface area contributed by atoms with Crippen molar-refractivity contribution in [2.24, 2.45) is 0 Å². The maximum Gasteiger partial charge on any atom is 0.245 e. The lowest BCUT2D eigenvalue weighted by Gasteiger charge is -2.21. The van der Waals surface area contributed by atoms with Crippen molar-refractivity contribution >= 4 is 50.5 Å². The number of carbonyl (C=O) groups is 1. The number of nitrogens with one attached hydrogen (secondary N) is 1. The molecule has 0 fully saturated rings. The van der Waals surface area contributed by atoms with Crippen molar-refractivity contribution in [1.82, 2.24) is 0 Å². The fourth-order valence-corrected chi connectivity index (χ4v) is 3.33.